The fourth-order valence-electron chi connectivity index (χ4n) is 13.3. The van der Waals surface area contributed by atoms with Crippen LogP contribution in [-0.4, -0.2) is 334 Å². The van der Waals surface area contributed by atoms with Crippen LogP contribution in [0.25, 0.3) is 0 Å². The SMILES string of the molecule is CCN(CC(=O)CCCOCCOCCOCCOCCOCCOCCOCCN)[C@H]1CO[C@@H](O[C@H]2[C@H](O[C@H]3C#C/C=C\C#C[C@]4(O)CC(=O)C(CC(=O)OC)=C3/C4=C\CSSC(C)C)O[C@H](C)[C@@H](NO[C@H]3C[C@H](O)[C@H](SC(=O)c4c(C)c(I)c(O[C@@H]5O[C@@H](C)[C@H](O)[C@@H](OC)[C@H]5O)c(OC)c4OC)[C@@H](C)O3)[C@@H]2O)C[C@@H]1OC. The van der Waals surface area contributed by atoms with Crippen molar-refractivity contribution in [2.45, 2.75) is 207 Å². The van der Waals surface area contributed by atoms with E-state index in [1.54, 1.807) is 51.7 Å². The number of nitrogens with two attached hydrogens (primary N) is 1. The van der Waals surface area contributed by atoms with Gasteiger partial charge in [0.05, 0.1) is 190 Å². The van der Waals surface area contributed by atoms with Gasteiger partial charge in [-0.15, -0.1) is 0 Å². The van der Waals surface area contributed by atoms with Gasteiger partial charge >= 0.3 is 5.97 Å². The molecule has 36 heteroatoms. The highest BCUT2D eigenvalue weighted by Crippen LogP contribution is 2.49. The number of carbonyl (C=O) groups excluding carboxylic acids is 4. The van der Waals surface area contributed by atoms with Crippen molar-refractivity contribution in [3.8, 4) is 40.9 Å². The lowest BCUT2D eigenvalue weighted by atomic mass is 9.72. The van der Waals surface area contributed by atoms with Crippen molar-refractivity contribution in [1.82, 2.24) is 10.4 Å². The number of Topliss-reactive ketones (excluding diaryl/α,β-unsaturated/α-hetero) is 2. The highest BCUT2D eigenvalue weighted by molar-refractivity contribution is 14.1. The molecule has 2 bridgehead atoms. The highest BCUT2D eigenvalue weighted by Gasteiger charge is 2.52. The van der Waals surface area contributed by atoms with Gasteiger partial charge in [0, 0.05) is 74.4 Å². The van der Waals surface area contributed by atoms with Crippen LogP contribution < -0.4 is 25.4 Å². The number of thioether (sulfide) groups is 1. The number of ether oxygens (including phenoxy) is 19. The number of benzene rings is 1. The van der Waals surface area contributed by atoms with E-state index >= 15 is 0 Å². The third-order valence-corrected chi connectivity index (χ3v) is 24.6. The van der Waals surface area contributed by atoms with Crippen LogP contribution in [0, 0.1) is 34.2 Å². The number of hydrogen-bond acceptors (Lipinski definition) is 35. The van der Waals surface area contributed by atoms with Gasteiger partial charge in [-0.25, -0.2) is 0 Å². The second-order valence-corrected chi connectivity index (χ2v) is 32.6. The molecule has 638 valence electrons. The summed E-state index contributed by atoms with van der Waals surface area (Å²) in [7, 11) is 9.90. The number of allylic oxidation sites excluding steroid dienone is 2. The van der Waals surface area contributed by atoms with Crippen LogP contribution in [0.5, 0.6) is 17.2 Å². The summed E-state index contributed by atoms with van der Waals surface area (Å²) in [5.41, 5.74) is 7.00. The Hall–Kier alpha value is -3.74. The largest absolute Gasteiger partial charge is 0.492 e. The topological polar surface area (TPSA) is 395 Å². The van der Waals surface area contributed by atoms with E-state index in [-0.39, 0.29) is 83.0 Å². The second kappa shape index (κ2) is 50.4. The first-order valence-electron chi connectivity index (χ1n) is 38.0. The zero-order valence-electron chi connectivity index (χ0n) is 66.5. The molecule has 0 unspecified atom stereocenters. The Kier molecular flexibility index (Phi) is 43.0. The van der Waals surface area contributed by atoms with Crippen LogP contribution in [0.1, 0.15) is 96.0 Å². The Morgan fingerprint density at radius 1 is 0.752 bits per heavy atom. The maximum absolute atomic E-state index is 14.6. The van der Waals surface area contributed by atoms with Gasteiger partial charge in [-0.1, -0.05) is 83.9 Å². The second-order valence-electron chi connectivity index (χ2n) is 27.4. The number of halogens is 1. The van der Waals surface area contributed by atoms with Gasteiger partial charge < -0.3 is 121 Å². The third kappa shape index (κ3) is 28.5. The van der Waals surface area contributed by atoms with Gasteiger partial charge in [0.2, 0.25) is 17.2 Å². The summed E-state index contributed by atoms with van der Waals surface area (Å²) in [6.45, 7) is 19.7. The summed E-state index contributed by atoms with van der Waals surface area (Å²) in [5.74, 6) is 10.8. The Labute approximate surface area is 688 Å². The van der Waals surface area contributed by atoms with Crippen LogP contribution in [-0.2, 0) is 95.0 Å². The van der Waals surface area contributed by atoms with Crippen LogP contribution in [0.15, 0.2) is 34.9 Å². The van der Waals surface area contributed by atoms with E-state index in [4.69, 9.17) is 101 Å². The molecule has 0 aromatic heterocycles. The summed E-state index contributed by atoms with van der Waals surface area (Å²) in [6, 6.07) is -1.58. The standard InChI is InChI=1S/C77H116IN3O29S3/c1-13-81(43-50(82)19-18-24-96-26-28-98-30-32-100-34-36-102-37-35-101-33-31-99-29-27-97-25-23-79)53-44-103-59(41-57(53)91-8)108-71-66(87)64(47(5)105-76(71)107-56-20-16-14-15-17-22-77(90)42-55(84)51(39-58(85)92-9)62(56)52(77)21-38-111-113-45(2)3)80-110-60-40-54(83)73(49(7)104-60)112-74(89)61-46(4)63(78)69(72(95-12)68(61)93-10)109-75-67(88)70(94-11)65(86)48(6)106-75/h14-15,21,45,47-49,53-54,56-57,59-60,64-67,70-71,73,75-76,80,83,86-88,90H,13,18-19,23-44,79H2,1-12H3/b15-14-,52-21+/t47-,48+,49-,53+,54+,56+,57+,59+,60+,64-,65+,66+,67-,70-,71-,73-,75+,76+,77+/m1/s1. The molecule has 1 aromatic rings. The predicted octanol–water partition coefficient (Wildman–Crippen LogP) is 3.71. The molecule has 4 saturated heterocycles. The number of methoxy groups -OCH3 is 5. The van der Waals surface area contributed by atoms with Gasteiger partial charge in [-0.3, -0.25) is 28.9 Å². The summed E-state index contributed by atoms with van der Waals surface area (Å²) in [4.78, 5) is 64.1. The lowest BCUT2D eigenvalue weighted by Gasteiger charge is -2.47. The minimum absolute atomic E-state index is 0.0102. The number of carbonyl (C=O) groups is 4. The van der Waals surface area contributed by atoms with Gasteiger partial charge in [-0.05, 0) is 81.0 Å². The van der Waals surface area contributed by atoms with Crippen LogP contribution in [0.2, 0.25) is 0 Å². The molecule has 4 fully saturated rings. The lowest BCUT2D eigenvalue weighted by molar-refractivity contribution is -0.337. The first-order valence-corrected chi connectivity index (χ1v) is 42.4. The van der Waals surface area contributed by atoms with E-state index in [9.17, 15) is 44.7 Å². The van der Waals surface area contributed by atoms with E-state index in [0.29, 0.717) is 127 Å². The number of likely N-dealkylation sites (N-methyl/N-ethyl adjacent to an activating group) is 1. The predicted molar refractivity (Wildman–Crippen MR) is 425 cm³/mol. The molecule has 0 saturated carbocycles. The fraction of sp³-hybridized carbons (Fsp3) is 0.740. The molecule has 32 nitrogen and oxygen atoms in total. The summed E-state index contributed by atoms with van der Waals surface area (Å²) >= 11 is 2.81. The molecular weight excluding hydrogens is 1650 g/mol. The smallest absolute Gasteiger partial charge is 0.310 e. The molecule has 7 rings (SSSR count). The zero-order chi connectivity index (χ0) is 82.2. The average molecular weight is 1770 g/mol. The van der Waals surface area contributed by atoms with E-state index in [1.165, 1.54) is 51.4 Å². The number of esters is 1. The number of aliphatic hydroxyl groups excluding tert-OH is 4. The normalized spacial score (nSPS) is 29.9. The minimum Gasteiger partial charge on any atom is -0.492 e. The van der Waals surface area contributed by atoms with Crippen molar-refractivity contribution in [3.05, 3.63) is 49.6 Å². The van der Waals surface area contributed by atoms with Gasteiger partial charge in [-0.2, -0.15) is 5.48 Å². The maximum atomic E-state index is 14.6. The Morgan fingerprint density at radius 2 is 1.37 bits per heavy atom. The third-order valence-electron chi connectivity index (χ3n) is 19.2. The van der Waals surface area contributed by atoms with E-state index in [0.717, 1.165) is 11.8 Å². The molecule has 2 aliphatic carbocycles. The molecule has 0 radical (unpaired) electrons. The Bertz CT molecular complexity index is 3370. The average Bonchev–Trinajstić information content (AvgIpc) is 0.756. The molecule has 8 N–H and O–H groups in total. The number of fused-ring (bicyclic) bond motifs is 2. The first-order chi connectivity index (χ1) is 54.4. The monoisotopic (exact) mass is 1770 g/mol. The van der Waals surface area contributed by atoms with Gasteiger partial charge in [0.1, 0.15) is 42.4 Å². The molecule has 4 aliphatic heterocycles. The summed E-state index contributed by atoms with van der Waals surface area (Å²) < 4.78 is 113. The lowest BCUT2D eigenvalue weighted by Crippen LogP contribution is -2.65. The number of hydroxylamine groups is 1. The molecular formula is C77H116IN3O29S3. The molecule has 1 aromatic carbocycles. The van der Waals surface area contributed by atoms with Crippen molar-refractivity contribution < 1.29 is 140 Å². The summed E-state index contributed by atoms with van der Waals surface area (Å²) in [5, 5.41) is 57.9. The molecule has 19 atom stereocenters. The number of nitrogens with zero attached hydrogens (tertiary/aromatic N) is 1. The van der Waals surface area contributed by atoms with Gasteiger partial charge in [0.25, 0.3) is 0 Å². The van der Waals surface area contributed by atoms with Crippen molar-refractivity contribution in [2.24, 2.45) is 5.73 Å². The summed E-state index contributed by atoms with van der Waals surface area (Å²) in [6.07, 6.45) is -13.5. The number of aliphatic hydroxyl groups is 5. The van der Waals surface area contributed by atoms with Crippen LogP contribution in [0.3, 0.4) is 0 Å². The van der Waals surface area contributed by atoms with E-state index in [2.05, 4.69) is 29.2 Å². The Morgan fingerprint density at radius 3 is 1.96 bits per heavy atom. The van der Waals surface area contributed by atoms with E-state index in [1.807, 2.05) is 48.3 Å². The number of nitrogens with one attached hydrogen (secondary N) is 1. The van der Waals surface area contributed by atoms with E-state index < -0.39 is 145 Å². The molecule has 0 amide bonds. The van der Waals surface area contributed by atoms with Crippen molar-refractivity contribution in [1.29, 1.82) is 0 Å². The number of hydrogen-bond donors (Lipinski definition) is 7. The zero-order valence-corrected chi connectivity index (χ0v) is 71.1. The first kappa shape index (κ1) is 96.4. The highest BCUT2D eigenvalue weighted by atomic mass is 127. The van der Waals surface area contributed by atoms with Crippen molar-refractivity contribution in [2.75, 3.05) is 160 Å². The minimum atomic E-state index is -2.07. The maximum Gasteiger partial charge on any atom is 0.310 e. The van der Waals surface area contributed by atoms with Crippen molar-refractivity contribution >= 4 is 78.6 Å². The fourth-order valence-corrected chi connectivity index (χ4v) is 16.9. The number of rotatable bonds is 49. The quantitative estimate of drug-likeness (QED) is 0.0122. The molecule has 4 heterocycles. The van der Waals surface area contributed by atoms with Crippen molar-refractivity contribution in [3.63, 3.8) is 0 Å². The molecule has 6 aliphatic rings. The number of ketones is 2. The van der Waals surface area contributed by atoms with Gasteiger partial charge in [0.15, 0.2) is 41.8 Å². The van der Waals surface area contributed by atoms with Crippen LogP contribution >= 0.6 is 55.9 Å². The van der Waals surface area contributed by atoms with Crippen LogP contribution in [0.4, 0.5) is 0 Å². The Balaban J connectivity index is 1.01. The molecule has 113 heavy (non-hydrogen) atoms. The molecule has 0 spiro atoms.